The first-order valence-electron chi connectivity index (χ1n) is 8.09. The summed E-state index contributed by atoms with van der Waals surface area (Å²) < 4.78 is 5.21. The van der Waals surface area contributed by atoms with Crippen LogP contribution in [0.3, 0.4) is 0 Å². The fraction of sp³-hybridized carbons (Fsp3) is 0.350. The summed E-state index contributed by atoms with van der Waals surface area (Å²) in [6.45, 7) is 5.64. The molecule has 1 atom stereocenters. The Morgan fingerprint density at radius 2 is 1.87 bits per heavy atom. The molecule has 2 aromatic rings. The van der Waals surface area contributed by atoms with E-state index in [9.17, 15) is 4.79 Å². The molecule has 3 nitrogen and oxygen atoms in total. The van der Waals surface area contributed by atoms with Gasteiger partial charge in [-0.15, -0.1) is 0 Å². The van der Waals surface area contributed by atoms with Gasteiger partial charge in [-0.1, -0.05) is 29.8 Å². The first-order chi connectivity index (χ1) is 11.1. The van der Waals surface area contributed by atoms with Crippen molar-refractivity contribution < 1.29 is 9.53 Å². The van der Waals surface area contributed by atoms with Gasteiger partial charge in [0.05, 0.1) is 7.11 Å². The molecule has 0 N–H and O–H groups in total. The van der Waals surface area contributed by atoms with Crippen molar-refractivity contribution in [2.24, 2.45) is 0 Å². The molecule has 1 amide bonds. The molecule has 0 aliphatic carbocycles. The summed E-state index contributed by atoms with van der Waals surface area (Å²) >= 11 is 0. The van der Waals surface area contributed by atoms with Gasteiger partial charge in [-0.05, 0) is 49.6 Å². The maximum absolute atomic E-state index is 12.8. The van der Waals surface area contributed by atoms with Crippen LogP contribution in [0.2, 0.25) is 0 Å². The van der Waals surface area contributed by atoms with Crippen molar-refractivity contribution >= 4 is 5.91 Å². The number of nitrogens with zero attached hydrogens (tertiary/aromatic N) is 1. The molecule has 0 saturated carbocycles. The van der Waals surface area contributed by atoms with Crippen molar-refractivity contribution in [2.75, 3.05) is 20.2 Å². The first-order valence-corrected chi connectivity index (χ1v) is 8.09. The average molecular weight is 309 g/mol. The predicted octanol–water partition coefficient (Wildman–Crippen LogP) is 3.94. The van der Waals surface area contributed by atoms with Crippen LogP contribution in [-0.4, -0.2) is 31.0 Å². The number of ether oxygens (including phenoxy) is 1. The number of aryl methyl sites for hydroxylation is 2. The molecule has 3 heteroatoms. The number of hydrogen-bond donors (Lipinski definition) is 0. The van der Waals surface area contributed by atoms with Crippen LogP contribution in [0.4, 0.5) is 0 Å². The molecule has 0 spiro atoms. The second-order valence-electron chi connectivity index (χ2n) is 6.33. The van der Waals surface area contributed by atoms with Gasteiger partial charge in [-0.25, -0.2) is 0 Å². The average Bonchev–Trinajstić information content (AvgIpc) is 3.06. The molecule has 1 unspecified atom stereocenters. The van der Waals surface area contributed by atoms with Gasteiger partial charge in [0.1, 0.15) is 5.75 Å². The third kappa shape index (κ3) is 3.24. The van der Waals surface area contributed by atoms with Crippen LogP contribution >= 0.6 is 0 Å². The minimum absolute atomic E-state index is 0.155. The Morgan fingerprint density at radius 1 is 1.13 bits per heavy atom. The maximum Gasteiger partial charge on any atom is 0.254 e. The zero-order valence-electron chi connectivity index (χ0n) is 14.0. The van der Waals surface area contributed by atoms with E-state index in [-0.39, 0.29) is 5.91 Å². The van der Waals surface area contributed by atoms with Crippen LogP contribution < -0.4 is 4.74 Å². The van der Waals surface area contributed by atoms with Gasteiger partial charge in [0.2, 0.25) is 0 Å². The highest BCUT2D eigenvalue weighted by Gasteiger charge is 2.28. The number of carbonyl (C=O) groups is 1. The minimum Gasteiger partial charge on any atom is -0.497 e. The molecular weight excluding hydrogens is 286 g/mol. The second-order valence-corrected chi connectivity index (χ2v) is 6.33. The van der Waals surface area contributed by atoms with Gasteiger partial charge >= 0.3 is 0 Å². The van der Waals surface area contributed by atoms with Gasteiger partial charge in [-0.2, -0.15) is 0 Å². The van der Waals surface area contributed by atoms with Crippen LogP contribution in [0.25, 0.3) is 0 Å². The highest BCUT2D eigenvalue weighted by molar-refractivity contribution is 5.96. The predicted molar refractivity (Wildman–Crippen MR) is 92.2 cm³/mol. The lowest BCUT2D eigenvalue weighted by atomic mass is 9.98. The summed E-state index contributed by atoms with van der Waals surface area (Å²) in [5.74, 6) is 1.44. The minimum atomic E-state index is 0.155. The van der Waals surface area contributed by atoms with Gasteiger partial charge < -0.3 is 9.64 Å². The normalized spacial score (nSPS) is 17.3. The van der Waals surface area contributed by atoms with Gasteiger partial charge in [0, 0.05) is 24.6 Å². The lowest BCUT2D eigenvalue weighted by molar-refractivity contribution is 0.0790. The quantitative estimate of drug-likeness (QED) is 0.859. The summed E-state index contributed by atoms with van der Waals surface area (Å²) in [6, 6.07) is 14.3. The van der Waals surface area contributed by atoms with E-state index in [1.807, 2.05) is 43.0 Å². The van der Waals surface area contributed by atoms with Crippen molar-refractivity contribution in [2.45, 2.75) is 26.2 Å². The first kappa shape index (κ1) is 15.6. The molecule has 0 radical (unpaired) electrons. The molecule has 1 aliphatic rings. The summed E-state index contributed by atoms with van der Waals surface area (Å²) in [4.78, 5) is 14.8. The molecule has 0 aromatic heterocycles. The molecule has 1 aliphatic heterocycles. The van der Waals surface area contributed by atoms with Gasteiger partial charge in [-0.3, -0.25) is 4.79 Å². The second kappa shape index (κ2) is 6.45. The van der Waals surface area contributed by atoms with E-state index >= 15 is 0 Å². The van der Waals surface area contributed by atoms with Crippen LogP contribution in [-0.2, 0) is 0 Å². The molecule has 23 heavy (non-hydrogen) atoms. The van der Waals surface area contributed by atoms with Gasteiger partial charge in [0.15, 0.2) is 0 Å². The number of hydrogen-bond acceptors (Lipinski definition) is 2. The third-order valence-electron chi connectivity index (χ3n) is 4.69. The number of benzene rings is 2. The fourth-order valence-electron chi connectivity index (χ4n) is 3.23. The molecule has 120 valence electrons. The number of amides is 1. The standard InChI is InChI=1S/C20H23NO2/c1-14-4-5-15(2)19(12-14)20(22)21-11-10-17(13-21)16-6-8-18(23-3)9-7-16/h4-9,12,17H,10-11,13H2,1-3H3. The Kier molecular flexibility index (Phi) is 4.37. The number of methoxy groups -OCH3 is 1. The zero-order chi connectivity index (χ0) is 16.4. The van der Waals surface area contributed by atoms with E-state index in [0.29, 0.717) is 5.92 Å². The summed E-state index contributed by atoms with van der Waals surface area (Å²) in [5, 5.41) is 0. The highest BCUT2D eigenvalue weighted by atomic mass is 16.5. The maximum atomic E-state index is 12.8. The molecule has 3 rings (SSSR count). The number of carbonyl (C=O) groups excluding carboxylic acids is 1. The van der Waals surface area contributed by atoms with E-state index in [2.05, 4.69) is 18.2 Å². The number of likely N-dealkylation sites (tertiary alicyclic amines) is 1. The van der Waals surface area contributed by atoms with E-state index in [1.165, 1.54) is 5.56 Å². The van der Waals surface area contributed by atoms with E-state index < -0.39 is 0 Å². The Balaban J connectivity index is 1.73. The van der Waals surface area contributed by atoms with Crippen molar-refractivity contribution in [1.29, 1.82) is 0 Å². The monoisotopic (exact) mass is 309 g/mol. The summed E-state index contributed by atoms with van der Waals surface area (Å²) in [5.41, 5.74) is 4.29. The molecule has 1 heterocycles. The van der Waals surface area contributed by atoms with Crippen LogP contribution in [0, 0.1) is 13.8 Å². The Bertz CT molecular complexity index is 706. The van der Waals surface area contributed by atoms with Crippen molar-refractivity contribution in [3.63, 3.8) is 0 Å². The van der Waals surface area contributed by atoms with Crippen LogP contribution in [0.5, 0.6) is 5.75 Å². The van der Waals surface area contributed by atoms with Crippen molar-refractivity contribution in [1.82, 2.24) is 4.90 Å². The molecule has 2 aromatic carbocycles. The third-order valence-corrected chi connectivity index (χ3v) is 4.69. The lowest BCUT2D eigenvalue weighted by Crippen LogP contribution is -2.29. The van der Waals surface area contributed by atoms with E-state index in [4.69, 9.17) is 4.74 Å². The molecular formula is C20H23NO2. The SMILES string of the molecule is COc1ccc(C2CCN(C(=O)c3cc(C)ccc3C)C2)cc1. The molecule has 0 bridgehead atoms. The van der Waals surface area contributed by atoms with Crippen LogP contribution in [0.1, 0.15) is 39.4 Å². The van der Waals surface area contributed by atoms with Gasteiger partial charge in [0.25, 0.3) is 5.91 Å². The highest BCUT2D eigenvalue weighted by Crippen LogP contribution is 2.29. The fourth-order valence-corrected chi connectivity index (χ4v) is 3.23. The summed E-state index contributed by atoms with van der Waals surface area (Å²) in [7, 11) is 1.68. The number of rotatable bonds is 3. The van der Waals surface area contributed by atoms with E-state index in [1.54, 1.807) is 7.11 Å². The van der Waals surface area contributed by atoms with Crippen molar-refractivity contribution in [3.05, 3.63) is 64.7 Å². The van der Waals surface area contributed by atoms with E-state index in [0.717, 1.165) is 42.0 Å². The topological polar surface area (TPSA) is 29.5 Å². The van der Waals surface area contributed by atoms with Crippen molar-refractivity contribution in [3.8, 4) is 5.75 Å². The Labute approximate surface area is 137 Å². The Morgan fingerprint density at radius 3 is 2.57 bits per heavy atom. The largest absolute Gasteiger partial charge is 0.497 e. The lowest BCUT2D eigenvalue weighted by Gasteiger charge is -2.18. The Hall–Kier alpha value is -2.29. The molecule has 1 fully saturated rings. The summed E-state index contributed by atoms with van der Waals surface area (Å²) in [6.07, 6.45) is 1.02. The molecule has 1 saturated heterocycles. The smallest absolute Gasteiger partial charge is 0.254 e. The zero-order valence-corrected chi connectivity index (χ0v) is 14.0. The van der Waals surface area contributed by atoms with Crippen LogP contribution in [0.15, 0.2) is 42.5 Å².